The second-order valence-corrected chi connectivity index (χ2v) is 9.31. The molecule has 2 rings (SSSR count). The van der Waals surface area contributed by atoms with Crippen molar-refractivity contribution in [2.75, 3.05) is 6.54 Å². The highest BCUT2D eigenvalue weighted by atomic mass is 19.1. The largest absolute Gasteiger partial charge is 0.391 e. The molecule has 0 aromatic heterocycles. The van der Waals surface area contributed by atoms with E-state index in [1.165, 1.54) is 4.90 Å². The van der Waals surface area contributed by atoms with Gasteiger partial charge in [0.05, 0.1) is 17.7 Å². The maximum absolute atomic E-state index is 13.9. The van der Waals surface area contributed by atoms with Crippen molar-refractivity contribution in [3.05, 3.63) is 34.9 Å². The molecule has 1 aliphatic rings. The summed E-state index contributed by atoms with van der Waals surface area (Å²) in [5.74, 6) is -0.586. The monoisotopic (exact) mass is 435 g/mol. The number of carbonyl (C=O) groups is 2. The van der Waals surface area contributed by atoms with E-state index in [0.29, 0.717) is 0 Å². The average molecular weight is 436 g/mol. The molecular weight excluding hydrogens is 404 g/mol. The molecule has 1 aromatic rings. The van der Waals surface area contributed by atoms with Crippen LogP contribution in [0, 0.1) is 29.4 Å². The van der Waals surface area contributed by atoms with Gasteiger partial charge in [0, 0.05) is 25.6 Å². The third kappa shape index (κ3) is 6.02. The SMILES string of the molecule is C#Cc1c(F)cc(CNC(=O)[C@@H]2C[C@@H](O)CN2C(=O)[C@@H](NC(C)C)C(C)(C)C)cc1F. The minimum Gasteiger partial charge on any atom is -0.391 e. The number of hydrogen-bond acceptors (Lipinski definition) is 4. The van der Waals surface area contributed by atoms with E-state index in [9.17, 15) is 23.5 Å². The molecule has 170 valence electrons. The Morgan fingerprint density at radius 3 is 2.35 bits per heavy atom. The summed E-state index contributed by atoms with van der Waals surface area (Å²) in [6.45, 7) is 9.54. The maximum atomic E-state index is 13.9. The fourth-order valence-electron chi connectivity index (χ4n) is 3.67. The Labute approximate surface area is 182 Å². The van der Waals surface area contributed by atoms with Crippen LogP contribution in [0.15, 0.2) is 12.1 Å². The molecule has 1 heterocycles. The van der Waals surface area contributed by atoms with Crippen LogP contribution >= 0.6 is 0 Å². The van der Waals surface area contributed by atoms with Crippen LogP contribution in [0.4, 0.5) is 8.78 Å². The molecule has 3 atom stereocenters. The number of aliphatic hydroxyl groups excluding tert-OH is 1. The Morgan fingerprint density at radius 2 is 1.87 bits per heavy atom. The first-order valence-electron chi connectivity index (χ1n) is 10.3. The number of hydrogen-bond donors (Lipinski definition) is 3. The Balaban J connectivity index is 2.16. The first-order valence-corrected chi connectivity index (χ1v) is 10.3. The van der Waals surface area contributed by atoms with Gasteiger partial charge in [0.1, 0.15) is 17.7 Å². The quantitative estimate of drug-likeness (QED) is 0.597. The number of benzene rings is 1. The zero-order chi connectivity index (χ0) is 23.5. The Hall–Kier alpha value is -2.50. The van der Waals surface area contributed by atoms with Crippen LogP contribution in [0.25, 0.3) is 0 Å². The summed E-state index contributed by atoms with van der Waals surface area (Å²) in [6.07, 6.45) is 4.34. The third-order valence-corrected chi connectivity index (χ3v) is 5.19. The number of nitrogens with one attached hydrogen (secondary N) is 2. The zero-order valence-electron chi connectivity index (χ0n) is 18.6. The predicted molar refractivity (Wildman–Crippen MR) is 114 cm³/mol. The van der Waals surface area contributed by atoms with Gasteiger partial charge in [0.2, 0.25) is 11.8 Å². The Morgan fingerprint density at radius 1 is 1.29 bits per heavy atom. The molecule has 1 saturated heterocycles. The van der Waals surface area contributed by atoms with Gasteiger partial charge in [-0.3, -0.25) is 9.59 Å². The number of carbonyl (C=O) groups excluding carboxylic acids is 2. The minimum atomic E-state index is -0.882. The van der Waals surface area contributed by atoms with E-state index in [0.717, 1.165) is 12.1 Å². The molecule has 0 spiro atoms. The molecule has 6 nitrogen and oxygen atoms in total. The molecule has 1 aromatic carbocycles. The summed E-state index contributed by atoms with van der Waals surface area (Å²) in [6, 6.07) is 0.748. The molecule has 0 bridgehead atoms. The van der Waals surface area contributed by atoms with Gasteiger partial charge in [-0.2, -0.15) is 0 Å². The minimum absolute atomic E-state index is 0.0450. The number of likely N-dealkylation sites (tertiary alicyclic amines) is 1. The number of halogens is 2. The van der Waals surface area contributed by atoms with Crippen molar-refractivity contribution in [2.45, 2.75) is 71.8 Å². The first kappa shape index (κ1) is 24.8. The average Bonchev–Trinajstić information content (AvgIpc) is 3.04. The molecule has 0 radical (unpaired) electrons. The lowest BCUT2D eigenvalue weighted by molar-refractivity contribution is -0.142. The molecule has 0 aliphatic carbocycles. The zero-order valence-corrected chi connectivity index (χ0v) is 18.6. The van der Waals surface area contributed by atoms with Crippen molar-refractivity contribution in [1.82, 2.24) is 15.5 Å². The number of amides is 2. The summed E-state index contributed by atoms with van der Waals surface area (Å²) in [4.78, 5) is 27.5. The van der Waals surface area contributed by atoms with Gasteiger partial charge in [-0.05, 0) is 23.1 Å². The van der Waals surface area contributed by atoms with Crippen molar-refractivity contribution >= 4 is 11.8 Å². The highest BCUT2D eigenvalue weighted by Gasteiger charge is 2.43. The van der Waals surface area contributed by atoms with Gasteiger partial charge in [-0.25, -0.2) is 8.78 Å². The summed E-state index contributed by atoms with van der Waals surface area (Å²) in [7, 11) is 0. The topological polar surface area (TPSA) is 81.7 Å². The molecule has 0 unspecified atom stereocenters. The number of rotatable bonds is 6. The highest BCUT2D eigenvalue weighted by Crippen LogP contribution is 2.26. The maximum Gasteiger partial charge on any atom is 0.243 e. The van der Waals surface area contributed by atoms with Gasteiger partial charge < -0.3 is 20.6 Å². The summed E-state index contributed by atoms with van der Waals surface area (Å²) in [5.41, 5.74) is -0.673. The predicted octanol–water partition coefficient (Wildman–Crippen LogP) is 1.94. The summed E-state index contributed by atoms with van der Waals surface area (Å²) < 4.78 is 27.7. The molecule has 2 amide bonds. The van der Waals surface area contributed by atoms with E-state index in [2.05, 4.69) is 10.6 Å². The fourth-order valence-corrected chi connectivity index (χ4v) is 3.67. The van der Waals surface area contributed by atoms with Crippen LogP contribution in [-0.4, -0.2) is 52.6 Å². The van der Waals surface area contributed by atoms with Crippen molar-refractivity contribution in [3.8, 4) is 12.3 Å². The lowest BCUT2D eigenvalue weighted by atomic mass is 9.85. The number of β-amino-alcohol motifs (C(OH)–C–C–N with tert-alkyl or cyclic N) is 1. The summed E-state index contributed by atoms with van der Waals surface area (Å²) >= 11 is 0. The van der Waals surface area contributed by atoms with Crippen molar-refractivity contribution < 1.29 is 23.5 Å². The van der Waals surface area contributed by atoms with Crippen LogP contribution < -0.4 is 10.6 Å². The molecule has 1 aliphatic heterocycles. The van der Waals surface area contributed by atoms with Crippen LogP contribution in [0.1, 0.15) is 52.2 Å². The van der Waals surface area contributed by atoms with E-state index in [1.807, 2.05) is 40.5 Å². The lowest BCUT2D eigenvalue weighted by Gasteiger charge is -2.36. The van der Waals surface area contributed by atoms with Gasteiger partial charge in [-0.1, -0.05) is 40.5 Å². The second-order valence-electron chi connectivity index (χ2n) is 9.31. The summed E-state index contributed by atoms with van der Waals surface area (Å²) in [5, 5.41) is 16.0. The Kier molecular flexibility index (Phi) is 7.79. The van der Waals surface area contributed by atoms with Gasteiger partial charge in [0.25, 0.3) is 0 Å². The van der Waals surface area contributed by atoms with E-state index in [1.54, 1.807) is 0 Å². The van der Waals surface area contributed by atoms with E-state index < -0.39 is 46.7 Å². The van der Waals surface area contributed by atoms with Gasteiger partial charge >= 0.3 is 0 Å². The van der Waals surface area contributed by atoms with Gasteiger partial charge in [-0.15, -0.1) is 6.42 Å². The lowest BCUT2D eigenvalue weighted by Crippen LogP contribution is -2.57. The fraction of sp³-hybridized carbons (Fsp3) is 0.565. The second kappa shape index (κ2) is 9.75. The van der Waals surface area contributed by atoms with Crippen molar-refractivity contribution in [2.24, 2.45) is 5.41 Å². The van der Waals surface area contributed by atoms with Crippen LogP contribution in [0.3, 0.4) is 0 Å². The van der Waals surface area contributed by atoms with E-state index in [4.69, 9.17) is 6.42 Å². The molecule has 3 N–H and O–H groups in total. The van der Waals surface area contributed by atoms with Crippen LogP contribution in [0.2, 0.25) is 0 Å². The van der Waals surface area contributed by atoms with Crippen molar-refractivity contribution in [1.29, 1.82) is 0 Å². The van der Waals surface area contributed by atoms with Crippen LogP contribution in [0.5, 0.6) is 0 Å². The Bertz CT molecular complexity index is 851. The standard InChI is InChI=1S/C23H31F2N3O3/c1-7-16-17(24)8-14(9-18(16)25)11-26-21(30)19-10-15(29)12-28(19)22(31)20(23(4,5)6)27-13(2)3/h1,8-9,13,15,19-20,27,29H,10-12H2,2-6H3,(H,26,30)/t15-,19+,20-/m1/s1. The van der Waals surface area contributed by atoms with Crippen molar-refractivity contribution in [3.63, 3.8) is 0 Å². The highest BCUT2D eigenvalue weighted by molar-refractivity contribution is 5.91. The third-order valence-electron chi connectivity index (χ3n) is 5.19. The molecular formula is C23H31F2N3O3. The molecule has 31 heavy (non-hydrogen) atoms. The van der Waals surface area contributed by atoms with E-state index in [-0.39, 0.29) is 37.0 Å². The molecule has 8 heteroatoms. The van der Waals surface area contributed by atoms with Crippen LogP contribution in [-0.2, 0) is 16.1 Å². The van der Waals surface area contributed by atoms with E-state index >= 15 is 0 Å². The smallest absolute Gasteiger partial charge is 0.243 e. The number of aliphatic hydroxyl groups is 1. The molecule has 1 fully saturated rings. The molecule has 0 saturated carbocycles. The van der Waals surface area contributed by atoms with Gasteiger partial charge in [0.15, 0.2) is 0 Å². The number of nitrogens with zero attached hydrogens (tertiary/aromatic N) is 1. The number of terminal acetylenes is 1. The first-order chi connectivity index (χ1) is 14.3. The normalized spacial score (nSPS) is 19.9.